The molecule has 0 bridgehead atoms. The normalized spacial score (nSPS) is 10.6. The van der Waals surface area contributed by atoms with E-state index in [-0.39, 0.29) is 5.78 Å². The van der Waals surface area contributed by atoms with Crippen molar-refractivity contribution < 1.29 is 9.53 Å². The average molecular weight is 364 g/mol. The molecule has 19 heavy (non-hydrogen) atoms. The number of benzene rings is 2. The lowest BCUT2D eigenvalue weighted by Gasteiger charge is -2.00. The molecular formula is C16H13IO2. The van der Waals surface area contributed by atoms with Crippen LogP contribution in [0.3, 0.4) is 0 Å². The Hall–Kier alpha value is -1.62. The van der Waals surface area contributed by atoms with Gasteiger partial charge < -0.3 is 4.74 Å². The average Bonchev–Trinajstić information content (AvgIpc) is 2.45. The van der Waals surface area contributed by atoms with Gasteiger partial charge in [0.2, 0.25) is 0 Å². The molecule has 0 aliphatic rings. The van der Waals surface area contributed by atoms with Gasteiger partial charge in [-0.05, 0) is 70.6 Å². The van der Waals surface area contributed by atoms with E-state index in [0.717, 1.165) is 14.9 Å². The number of ketones is 1. The Labute approximate surface area is 126 Å². The standard InChI is InChI=1S/C16H13IO2/c1-19-15-8-6-13(7-9-15)16(18)10-5-12-3-2-4-14(17)11-12/h2-11H,1H3/b10-5+. The summed E-state index contributed by atoms with van der Waals surface area (Å²) in [5.41, 5.74) is 1.68. The van der Waals surface area contributed by atoms with E-state index in [0.29, 0.717) is 5.56 Å². The maximum atomic E-state index is 12.0. The number of ether oxygens (including phenoxy) is 1. The third kappa shape index (κ3) is 3.92. The molecule has 0 fully saturated rings. The second-order valence-corrected chi connectivity index (χ2v) is 5.23. The highest BCUT2D eigenvalue weighted by Gasteiger charge is 2.01. The molecule has 3 heteroatoms. The zero-order chi connectivity index (χ0) is 13.7. The van der Waals surface area contributed by atoms with E-state index in [2.05, 4.69) is 22.6 Å². The molecule has 0 aliphatic carbocycles. The number of allylic oxidation sites excluding steroid dienone is 1. The SMILES string of the molecule is COc1ccc(C(=O)/C=C/c2cccc(I)c2)cc1. The molecule has 2 aromatic carbocycles. The smallest absolute Gasteiger partial charge is 0.185 e. The molecule has 0 radical (unpaired) electrons. The van der Waals surface area contributed by atoms with Crippen LogP contribution in [-0.2, 0) is 0 Å². The molecule has 96 valence electrons. The monoisotopic (exact) mass is 364 g/mol. The van der Waals surface area contributed by atoms with E-state index < -0.39 is 0 Å². The van der Waals surface area contributed by atoms with Crippen molar-refractivity contribution in [2.75, 3.05) is 7.11 Å². The second kappa shape index (κ2) is 6.52. The van der Waals surface area contributed by atoms with Gasteiger partial charge in [-0.1, -0.05) is 18.2 Å². The van der Waals surface area contributed by atoms with Gasteiger partial charge in [-0.3, -0.25) is 4.79 Å². The highest BCUT2D eigenvalue weighted by atomic mass is 127. The molecule has 2 aromatic rings. The van der Waals surface area contributed by atoms with Crippen LogP contribution >= 0.6 is 22.6 Å². The van der Waals surface area contributed by atoms with E-state index in [1.807, 2.05) is 30.3 Å². The minimum Gasteiger partial charge on any atom is -0.497 e. The number of halogens is 1. The van der Waals surface area contributed by atoms with Crippen LogP contribution in [0.5, 0.6) is 5.75 Å². The zero-order valence-corrected chi connectivity index (χ0v) is 12.6. The van der Waals surface area contributed by atoms with Crippen molar-refractivity contribution >= 4 is 34.5 Å². The fourth-order valence-corrected chi connectivity index (χ4v) is 2.20. The molecule has 0 spiro atoms. The summed E-state index contributed by atoms with van der Waals surface area (Å²) in [6, 6.07) is 15.1. The van der Waals surface area contributed by atoms with Crippen molar-refractivity contribution in [3.8, 4) is 5.75 Å². The number of hydrogen-bond donors (Lipinski definition) is 0. The van der Waals surface area contributed by atoms with Crippen LogP contribution in [0.15, 0.2) is 54.6 Å². The maximum Gasteiger partial charge on any atom is 0.185 e. The first kappa shape index (κ1) is 13.8. The lowest BCUT2D eigenvalue weighted by atomic mass is 10.1. The van der Waals surface area contributed by atoms with Gasteiger partial charge >= 0.3 is 0 Å². The van der Waals surface area contributed by atoms with Gasteiger partial charge in [0.25, 0.3) is 0 Å². The number of methoxy groups -OCH3 is 1. The molecule has 0 aliphatic heterocycles. The molecule has 2 nitrogen and oxygen atoms in total. The molecule has 0 atom stereocenters. The Morgan fingerprint density at radius 1 is 1.16 bits per heavy atom. The summed E-state index contributed by atoms with van der Waals surface area (Å²) in [5.74, 6) is 0.736. The summed E-state index contributed by atoms with van der Waals surface area (Å²) < 4.78 is 6.21. The summed E-state index contributed by atoms with van der Waals surface area (Å²) in [6.07, 6.45) is 3.42. The molecule has 2 rings (SSSR count). The molecule has 0 amide bonds. The van der Waals surface area contributed by atoms with Gasteiger partial charge in [0.15, 0.2) is 5.78 Å². The molecule has 0 saturated heterocycles. The van der Waals surface area contributed by atoms with Crippen LogP contribution in [0.4, 0.5) is 0 Å². The van der Waals surface area contributed by atoms with Crippen molar-refractivity contribution in [2.24, 2.45) is 0 Å². The number of carbonyl (C=O) groups excluding carboxylic acids is 1. The molecule has 0 heterocycles. The quantitative estimate of drug-likeness (QED) is 0.462. The van der Waals surface area contributed by atoms with Crippen LogP contribution in [0, 0.1) is 3.57 Å². The van der Waals surface area contributed by atoms with Crippen molar-refractivity contribution in [1.82, 2.24) is 0 Å². The Bertz CT molecular complexity index is 600. The molecule has 0 aromatic heterocycles. The highest BCUT2D eigenvalue weighted by molar-refractivity contribution is 14.1. The largest absolute Gasteiger partial charge is 0.497 e. The summed E-state index contributed by atoms with van der Waals surface area (Å²) in [6.45, 7) is 0. The lowest BCUT2D eigenvalue weighted by molar-refractivity contribution is 0.104. The fraction of sp³-hybridized carbons (Fsp3) is 0.0625. The van der Waals surface area contributed by atoms with Gasteiger partial charge in [-0.25, -0.2) is 0 Å². The van der Waals surface area contributed by atoms with Crippen molar-refractivity contribution in [1.29, 1.82) is 0 Å². The van der Waals surface area contributed by atoms with E-state index >= 15 is 0 Å². The van der Waals surface area contributed by atoms with Gasteiger partial charge in [0.05, 0.1) is 7.11 Å². The first-order valence-corrected chi connectivity index (χ1v) is 6.89. The lowest BCUT2D eigenvalue weighted by Crippen LogP contribution is -1.94. The van der Waals surface area contributed by atoms with Crippen molar-refractivity contribution in [2.45, 2.75) is 0 Å². The Morgan fingerprint density at radius 2 is 1.89 bits per heavy atom. The Balaban J connectivity index is 2.11. The topological polar surface area (TPSA) is 26.3 Å². The molecular weight excluding hydrogens is 351 g/mol. The Morgan fingerprint density at radius 3 is 2.53 bits per heavy atom. The predicted molar refractivity (Wildman–Crippen MR) is 85.5 cm³/mol. The van der Waals surface area contributed by atoms with Gasteiger partial charge in [0.1, 0.15) is 5.75 Å². The number of carbonyl (C=O) groups is 1. The first-order valence-electron chi connectivity index (χ1n) is 5.81. The van der Waals surface area contributed by atoms with Crippen LogP contribution in [0.2, 0.25) is 0 Å². The van der Waals surface area contributed by atoms with Crippen LogP contribution in [0.25, 0.3) is 6.08 Å². The van der Waals surface area contributed by atoms with E-state index in [1.165, 1.54) is 0 Å². The Kier molecular flexibility index (Phi) is 4.74. The van der Waals surface area contributed by atoms with Crippen molar-refractivity contribution in [3.05, 3.63) is 69.3 Å². The predicted octanol–water partition coefficient (Wildman–Crippen LogP) is 4.20. The van der Waals surface area contributed by atoms with Gasteiger partial charge in [-0.15, -0.1) is 0 Å². The third-order valence-electron chi connectivity index (χ3n) is 2.65. The maximum absolute atomic E-state index is 12.0. The van der Waals surface area contributed by atoms with E-state index in [4.69, 9.17) is 4.74 Å². The summed E-state index contributed by atoms with van der Waals surface area (Å²) in [4.78, 5) is 12.0. The summed E-state index contributed by atoms with van der Waals surface area (Å²) >= 11 is 2.25. The van der Waals surface area contributed by atoms with E-state index in [1.54, 1.807) is 37.5 Å². The number of rotatable bonds is 4. The minimum atomic E-state index is -0.0125. The van der Waals surface area contributed by atoms with E-state index in [9.17, 15) is 4.79 Å². The second-order valence-electron chi connectivity index (χ2n) is 3.98. The van der Waals surface area contributed by atoms with Gasteiger partial charge in [-0.2, -0.15) is 0 Å². The molecule has 0 unspecified atom stereocenters. The molecule has 0 saturated carbocycles. The van der Waals surface area contributed by atoms with Crippen molar-refractivity contribution in [3.63, 3.8) is 0 Å². The van der Waals surface area contributed by atoms with Crippen LogP contribution in [0.1, 0.15) is 15.9 Å². The third-order valence-corrected chi connectivity index (χ3v) is 3.32. The zero-order valence-electron chi connectivity index (χ0n) is 10.5. The fourth-order valence-electron chi connectivity index (χ4n) is 1.63. The summed E-state index contributed by atoms with van der Waals surface area (Å²) in [5, 5.41) is 0. The summed E-state index contributed by atoms with van der Waals surface area (Å²) in [7, 11) is 1.60. The van der Waals surface area contributed by atoms with Gasteiger partial charge in [0, 0.05) is 9.13 Å². The highest BCUT2D eigenvalue weighted by Crippen LogP contribution is 2.13. The number of hydrogen-bond acceptors (Lipinski definition) is 2. The first-order chi connectivity index (χ1) is 9.19. The minimum absolute atomic E-state index is 0.0125. The van der Waals surface area contributed by atoms with Crippen LogP contribution in [-0.4, -0.2) is 12.9 Å². The van der Waals surface area contributed by atoms with Crippen LogP contribution < -0.4 is 4.74 Å². The molecule has 0 N–H and O–H groups in total.